The van der Waals surface area contributed by atoms with Crippen LogP contribution in [0.4, 0.5) is 5.69 Å². The predicted octanol–water partition coefficient (Wildman–Crippen LogP) is 8.25. The van der Waals surface area contributed by atoms with Crippen LogP contribution in [0.25, 0.3) is 43.5 Å². The van der Waals surface area contributed by atoms with Gasteiger partial charge in [-0.05, 0) is 68.1 Å². The zero-order chi connectivity index (χ0) is 32.5. The number of para-hydroxylation sites is 1. The Hall–Kier alpha value is -6.46. The van der Waals surface area contributed by atoms with Crippen molar-refractivity contribution in [2.45, 2.75) is 0 Å². The number of benzene rings is 7. The standard InChI is InChI=1S/C44H29N3Si/c1-46-34-25-27-44-41(30-34)39-22-11-12-23-42(39)47(44)43-26-24-32(31-45)28-40(43)33-14-13-21-38(29-33)48(35-15-5-2-6-16-35,36-17-7-3-8-18-36)37-19-9-4-10-20-37/h2-30H. The van der Waals surface area contributed by atoms with Crippen LogP contribution in [0.15, 0.2) is 176 Å². The summed E-state index contributed by atoms with van der Waals surface area (Å²) in [5.74, 6) is 0. The summed E-state index contributed by atoms with van der Waals surface area (Å²) in [7, 11) is -2.77. The van der Waals surface area contributed by atoms with Gasteiger partial charge in [0.15, 0.2) is 13.8 Å². The maximum absolute atomic E-state index is 10.1. The number of hydrogen-bond donors (Lipinski definition) is 0. The monoisotopic (exact) mass is 627 g/mol. The molecule has 0 unspecified atom stereocenters. The van der Waals surface area contributed by atoms with Crippen LogP contribution in [-0.2, 0) is 0 Å². The molecule has 48 heavy (non-hydrogen) atoms. The lowest BCUT2D eigenvalue weighted by molar-refractivity contribution is 1.18. The average Bonchev–Trinajstić information content (AvgIpc) is 3.50. The summed E-state index contributed by atoms with van der Waals surface area (Å²) >= 11 is 0. The highest BCUT2D eigenvalue weighted by Crippen LogP contribution is 2.38. The van der Waals surface area contributed by atoms with Gasteiger partial charge in [-0.15, -0.1) is 0 Å². The van der Waals surface area contributed by atoms with Crippen LogP contribution >= 0.6 is 0 Å². The molecule has 0 atom stereocenters. The van der Waals surface area contributed by atoms with Crippen molar-refractivity contribution in [2.75, 3.05) is 0 Å². The number of aromatic nitrogens is 1. The third kappa shape index (κ3) is 4.64. The molecule has 4 heteroatoms. The Balaban J connectivity index is 1.44. The summed E-state index contributed by atoms with van der Waals surface area (Å²) < 4.78 is 2.28. The molecule has 0 aliphatic carbocycles. The van der Waals surface area contributed by atoms with Crippen LogP contribution in [0.3, 0.4) is 0 Å². The number of rotatable bonds is 6. The van der Waals surface area contributed by atoms with Gasteiger partial charge in [0.25, 0.3) is 0 Å². The second-order valence-electron chi connectivity index (χ2n) is 11.9. The van der Waals surface area contributed by atoms with E-state index < -0.39 is 8.07 Å². The lowest BCUT2D eigenvalue weighted by atomic mass is 10.0. The lowest BCUT2D eigenvalue weighted by Crippen LogP contribution is -2.74. The minimum absolute atomic E-state index is 0.605. The molecule has 1 heterocycles. The Kier molecular flexibility index (Phi) is 7.27. The number of fused-ring (bicyclic) bond motifs is 3. The molecule has 0 fully saturated rings. The third-order valence-electron chi connectivity index (χ3n) is 9.38. The van der Waals surface area contributed by atoms with Gasteiger partial charge < -0.3 is 4.57 Å². The van der Waals surface area contributed by atoms with Crippen molar-refractivity contribution >= 4 is 56.3 Å². The van der Waals surface area contributed by atoms with Gasteiger partial charge in [-0.25, -0.2) is 4.85 Å². The van der Waals surface area contributed by atoms with Gasteiger partial charge in [0, 0.05) is 10.9 Å². The largest absolute Gasteiger partial charge is 0.309 e. The lowest BCUT2D eigenvalue weighted by Gasteiger charge is -2.34. The molecule has 0 amide bonds. The molecule has 0 bridgehead atoms. The highest BCUT2D eigenvalue weighted by Gasteiger charge is 2.41. The average molecular weight is 628 g/mol. The van der Waals surface area contributed by atoms with Gasteiger partial charge in [0.2, 0.25) is 0 Å². The van der Waals surface area contributed by atoms with E-state index >= 15 is 0 Å². The van der Waals surface area contributed by atoms with Crippen LogP contribution in [-0.4, -0.2) is 12.6 Å². The number of nitriles is 1. The maximum Gasteiger partial charge on any atom is 0.188 e. The smallest absolute Gasteiger partial charge is 0.188 e. The van der Waals surface area contributed by atoms with E-state index in [-0.39, 0.29) is 0 Å². The topological polar surface area (TPSA) is 33.1 Å². The van der Waals surface area contributed by atoms with Crippen molar-refractivity contribution in [3.05, 3.63) is 193 Å². The zero-order valence-corrected chi connectivity index (χ0v) is 27.1. The molecule has 8 aromatic rings. The van der Waals surface area contributed by atoms with Crippen LogP contribution in [0.2, 0.25) is 0 Å². The van der Waals surface area contributed by atoms with Crippen molar-refractivity contribution in [1.29, 1.82) is 5.26 Å². The van der Waals surface area contributed by atoms with Gasteiger partial charge >= 0.3 is 0 Å². The van der Waals surface area contributed by atoms with Gasteiger partial charge in [0.05, 0.1) is 34.9 Å². The van der Waals surface area contributed by atoms with E-state index in [1.807, 2.05) is 36.4 Å². The summed E-state index contributed by atoms with van der Waals surface area (Å²) in [5.41, 5.74) is 6.30. The van der Waals surface area contributed by atoms with Crippen LogP contribution in [0.5, 0.6) is 0 Å². The van der Waals surface area contributed by atoms with Crippen molar-refractivity contribution < 1.29 is 0 Å². The molecular weight excluding hydrogens is 599 g/mol. The molecule has 224 valence electrons. The molecule has 0 aliphatic heterocycles. The van der Waals surface area contributed by atoms with E-state index in [2.05, 4.69) is 155 Å². The van der Waals surface area contributed by atoms with Crippen LogP contribution in [0.1, 0.15) is 5.56 Å². The molecule has 0 N–H and O–H groups in total. The minimum Gasteiger partial charge on any atom is -0.309 e. The molecule has 0 saturated heterocycles. The molecule has 3 nitrogen and oxygen atoms in total. The molecular formula is C44H29N3Si. The molecule has 0 spiro atoms. The van der Waals surface area contributed by atoms with E-state index in [0.717, 1.165) is 38.6 Å². The van der Waals surface area contributed by atoms with Crippen molar-refractivity contribution in [1.82, 2.24) is 4.57 Å². The Bertz CT molecular complexity index is 2430. The molecule has 0 radical (unpaired) electrons. The van der Waals surface area contributed by atoms with Crippen LogP contribution < -0.4 is 20.7 Å². The normalized spacial score (nSPS) is 11.3. The molecule has 7 aromatic carbocycles. The number of hydrogen-bond acceptors (Lipinski definition) is 1. The first kappa shape index (κ1) is 29.0. The Morgan fingerprint density at radius 2 is 1.10 bits per heavy atom. The number of nitrogens with zero attached hydrogens (tertiary/aromatic N) is 3. The van der Waals surface area contributed by atoms with Crippen molar-refractivity contribution in [2.24, 2.45) is 0 Å². The van der Waals surface area contributed by atoms with Crippen molar-refractivity contribution in [3.8, 4) is 22.9 Å². The van der Waals surface area contributed by atoms with Crippen LogP contribution in [0, 0.1) is 17.9 Å². The summed E-state index contributed by atoms with van der Waals surface area (Å²) in [6.45, 7) is 7.64. The summed E-state index contributed by atoms with van der Waals surface area (Å²) in [6.07, 6.45) is 0. The first-order valence-corrected chi connectivity index (χ1v) is 17.9. The van der Waals surface area contributed by atoms with Gasteiger partial charge in [0.1, 0.15) is 0 Å². The SMILES string of the molecule is [C-]#[N+]c1ccc2c(c1)c1ccccc1n2-c1ccc(C#N)cc1-c1cccc([Si](c2ccccc2)(c2ccccc2)c2ccccc2)c1. The molecule has 1 aromatic heterocycles. The highest BCUT2D eigenvalue weighted by atomic mass is 28.3. The fourth-order valence-electron chi connectivity index (χ4n) is 7.31. The Morgan fingerprint density at radius 3 is 1.73 bits per heavy atom. The fraction of sp³-hybridized carbons (Fsp3) is 0. The second-order valence-corrected chi connectivity index (χ2v) is 15.7. The summed E-state index contributed by atoms with van der Waals surface area (Å²) in [4.78, 5) is 3.71. The summed E-state index contributed by atoms with van der Waals surface area (Å²) in [5, 5.41) is 17.4. The van der Waals surface area contributed by atoms with E-state index in [1.54, 1.807) is 0 Å². The fourth-order valence-corrected chi connectivity index (χ4v) is 12.1. The quantitative estimate of drug-likeness (QED) is 0.104. The third-order valence-corrected chi connectivity index (χ3v) is 14.2. The Labute approximate surface area is 281 Å². The van der Waals surface area contributed by atoms with E-state index in [1.165, 1.54) is 20.7 Å². The van der Waals surface area contributed by atoms with Gasteiger partial charge in [-0.3, -0.25) is 0 Å². The predicted molar refractivity (Wildman–Crippen MR) is 201 cm³/mol. The van der Waals surface area contributed by atoms with E-state index in [4.69, 9.17) is 6.57 Å². The maximum atomic E-state index is 10.1. The first-order chi connectivity index (χ1) is 23.7. The minimum atomic E-state index is -2.77. The summed E-state index contributed by atoms with van der Waals surface area (Å²) in [6, 6.07) is 64.3. The molecule has 8 rings (SSSR count). The van der Waals surface area contributed by atoms with Gasteiger partial charge in [-0.2, -0.15) is 5.26 Å². The molecule has 0 aliphatic rings. The zero-order valence-electron chi connectivity index (χ0n) is 26.1. The molecule has 0 saturated carbocycles. The highest BCUT2D eigenvalue weighted by molar-refractivity contribution is 7.19. The van der Waals surface area contributed by atoms with Gasteiger partial charge in [-0.1, -0.05) is 140 Å². The first-order valence-electron chi connectivity index (χ1n) is 15.9. The second kappa shape index (κ2) is 12.0. The van der Waals surface area contributed by atoms with E-state index in [0.29, 0.717) is 11.3 Å². The van der Waals surface area contributed by atoms with E-state index in [9.17, 15) is 5.26 Å². The van der Waals surface area contributed by atoms with Crippen molar-refractivity contribution in [3.63, 3.8) is 0 Å². The Morgan fingerprint density at radius 1 is 0.521 bits per heavy atom.